The predicted molar refractivity (Wildman–Crippen MR) is 64.9 cm³/mol. The molecule has 0 aromatic heterocycles. The van der Waals surface area contributed by atoms with Crippen LogP contribution in [0, 0.1) is 0 Å². The quantitative estimate of drug-likeness (QED) is 0.335. The minimum Gasteiger partial charge on any atom is -0.462 e. The lowest BCUT2D eigenvalue weighted by molar-refractivity contribution is -0.149. The Labute approximate surface area is 103 Å². The van der Waals surface area contributed by atoms with Gasteiger partial charge in [-0.25, -0.2) is 9.59 Å². The summed E-state index contributed by atoms with van der Waals surface area (Å²) < 4.78 is 10.5. The molecule has 1 heterocycles. The van der Waals surface area contributed by atoms with E-state index >= 15 is 0 Å². The summed E-state index contributed by atoms with van der Waals surface area (Å²) in [5.74, 6) is -1.19. The highest BCUT2D eigenvalue weighted by Gasteiger charge is 2.30. The summed E-state index contributed by atoms with van der Waals surface area (Å²) in [4.78, 5) is 23.3. The van der Waals surface area contributed by atoms with Crippen LogP contribution in [0.4, 0.5) is 0 Å². The van der Waals surface area contributed by atoms with Crippen LogP contribution >= 0.6 is 23.5 Å². The van der Waals surface area contributed by atoms with Gasteiger partial charge in [0.25, 0.3) is 0 Å². The van der Waals surface area contributed by atoms with Crippen molar-refractivity contribution in [3.05, 3.63) is 9.81 Å². The van der Waals surface area contributed by atoms with Crippen molar-refractivity contribution in [3.63, 3.8) is 0 Å². The number of esters is 2. The minimum absolute atomic E-state index is 0.0387. The Balaban J connectivity index is 2.80. The Morgan fingerprint density at radius 2 is 1.94 bits per heavy atom. The molecule has 0 N–H and O–H groups in total. The van der Waals surface area contributed by atoms with Gasteiger partial charge in [0.2, 0.25) is 0 Å². The summed E-state index contributed by atoms with van der Waals surface area (Å²) in [7, 11) is 0. The van der Waals surface area contributed by atoms with E-state index in [0.717, 1.165) is 5.08 Å². The molecule has 0 unspecified atom stereocenters. The average Bonchev–Trinajstić information content (AvgIpc) is 2.09. The first kappa shape index (κ1) is 13.4. The second-order valence-corrected chi connectivity index (χ2v) is 5.84. The SMILES string of the molecule is CCOC(=O)C(C(=O)OC(C)C)=C1SCS1. The molecule has 1 aliphatic rings. The van der Waals surface area contributed by atoms with Crippen LogP contribution in [0.25, 0.3) is 0 Å². The van der Waals surface area contributed by atoms with Gasteiger partial charge >= 0.3 is 11.9 Å². The zero-order valence-corrected chi connectivity index (χ0v) is 11.1. The molecular weight excluding hydrogens is 248 g/mol. The third kappa shape index (κ3) is 3.45. The molecule has 1 rings (SSSR count). The Kier molecular flexibility index (Phi) is 5.21. The molecule has 90 valence electrons. The Hall–Kier alpha value is -0.620. The third-order valence-electron chi connectivity index (χ3n) is 1.61. The smallest absolute Gasteiger partial charge is 0.347 e. The fourth-order valence-electron chi connectivity index (χ4n) is 0.988. The molecule has 1 aliphatic heterocycles. The van der Waals surface area contributed by atoms with Gasteiger partial charge in [-0.3, -0.25) is 0 Å². The van der Waals surface area contributed by atoms with E-state index in [1.54, 1.807) is 20.8 Å². The first-order valence-electron chi connectivity index (χ1n) is 4.94. The van der Waals surface area contributed by atoms with Crippen LogP contribution in [0.1, 0.15) is 20.8 Å². The van der Waals surface area contributed by atoms with Crippen molar-refractivity contribution < 1.29 is 19.1 Å². The summed E-state index contributed by atoms with van der Waals surface area (Å²) in [6.07, 6.45) is -0.243. The molecule has 16 heavy (non-hydrogen) atoms. The molecule has 0 aromatic rings. The van der Waals surface area contributed by atoms with Crippen LogP contribution in [0.15, 0.2) is 9.81 Å². The largest absolute Gasteiger partial charge is 0.462 e. The topological polar surface area (TPSA) is 52.6 Å². The van der Waals surface area contributed by atoms with Gasteiger partial charge in [0.05, 0.1) is 16.9 Å². The first-order valence-corrected chi connectivity index (χ1v) is 6.91. The van der Waals surface area contributed by atoms with E-state index in [2.05, 4.69) is 0 Å². The van der Waals surface area contributed by atoms with Crippen LogP contribution in [-0.4, -0.2) is 29.7 Å². The number of hydrogen-bond donors (Lipinski definition) is 0. The van der Waals surface area contributed by atoms with Crippen molar-refractivity contribution in [1.29, 1.82) is 0 Å². The summed E-state index contributed by atoms with van der Waals surface area (Å²) in [6.45, 7) is 5.44. The maximum absolute atomic E-state index is 11.7. The molecule has 0 radical (unpaired) electrons. The molecule has 6 heteroatoms. The molecule has 4 nitrogen and oxygen atoms in total. The van der Waals surface area contributed by atoms with Crippen molar-refractivity contribution in [2.24, 2.45) is 0 Å². The molecule has 0 atom stereocenters. The summed E-state index contributed by atoms with van der Waals surface area (Å²) in [5, 5.41) is 0.854. The lowest BCUT2D eigenvalue weighted by atomic mass is 10.3. The number of hydrogen-bond acceptors (Lipinski definition) is 6. The number of carbonyl (C=O) groups is 2. The van der Waals surface area contributed by atoms with E-state index in [4.69, 9.17) is 9.47 Å². The Morgan fingerprint density at radius 1 is 1.31 bits per heavy atom. The van der Waals surface area contributed by atoms with Crippen molar-refractivity contribution in [2.75, 3.05) is 11.7 Å². The van der Waals surface area contributed by atoms with E-state index in [9.17, 15) is 9.59 Å². The van der Waals surface area contributed by atoms with Gasteiger partial charge in [-0.05, 0) is 20.8 Å². The Bertz CT molecular complexity index is 317. The molecule has 0 aromatic carbocycles. The van der Waals surface area contributed by atoms with Gasteiger partial charge in [0.15, 0.2) is 5.57 Å². The fourth-order valence-corrected chi connectivity index (χ4v) is 2.55. The van der Waals surface area contributed by atoms with E-state index in [0.29, 0.717) is 4.24 Å². The molecule has 1 fully saturated rings. The van der Waals surface area contributed by atoms with Gasteiger partial charge < -0.3 is 9.47 Å². The highest BCUT2D eigenvalue weighted by atomic mass is 32.3. The van der Waals surface area contributed by atoms with Crippen molar-refractivity contribution >= 4 is 35.5 Å². The lowest BCUT2D eigenvalue weighted by Gasteiger charge is -2.19. The Morgan fingerprint density at radius 3 is 2.31 bits per heavy atom. The van der Waals surface area contributed by atoms with Gasteiger partial charge in [-0.1, -0.05) is 0 Å². The molecule has 0 aliphatic carbocycles. The van der Waals surface area contributed by atoms with Gasteiger partial charge in [-0.15, -0.1) is 23.5 Å². The predicted octanol–water partition coefficient (Wildman–Crippen LogP) is 2.15. The van der Waals surface area contributed by atoms with Gasteiger partial charge in [-0.2, -0.15) is 0 Å². The van der Waals surface area contributed by atoms with E-state index in [-0.39, 0.29) is 18.3 Å². The second-order valence-electron chi connectivity index (χ2n) is 3.24. The van der Waals surface area contributed by atoms with Crippen molar-refractivity contribution in [2.45, 2.75) is 26.9 Å². The number of rotatable bonds is 4. The normalized spacial score (nSPS) is 14.4. The average molecular weight is 262 g/mol. The van der Waals surface area contributed by atoms with Gasteiger partial charge in [0.1, 0.15) is 0 Å². The van der Waals surface area contributed by atoms with E-state index in [1.807, 2.05) is 0 Å². The molecule has 0 bridgehead atoms. The lowest BCUT2D eigenvalue weighted by Crippen LogP contribution is -2.23. The number of thioether (sulfide) groups is 2. The van der Waals surface area contributed by atoms with Crippen LogP contribution in [0.5, 0.6) is 0 Å². The molecule has 0 amide bonds. The van der Waals surface area contributed by atoms with Crippen LogP contribution in [0.2, 0.25) is 0 Å². The van der Waals surface area contributed by atoms with Crippen LogP contribution in [-0.2, 0) is 19.1 Å². The van der Waals surface area contributed by atoms with Crippen LogP contribution < -0.4 is 0 Å². The fraction of sp³-hybridized carbons (Fsp3) is 0.600. The maximum atomic E-state index is 11.7. The third-order valence-corrected chi connectivity index (χ3v) is 4.19. The number of ether oxygens (including phenoxy) is 2. The monoisotopic (exact) mass is 262 g/mol. The summed E-state index contributed by atoms with van der Waals surface area (Å²) >= 11 is 2.93. The zero-order valence-electron chi connectivity index (χ0n) is 9.44. The van der Waals surface area contributed by atoms with Gasteiger partial charge in [0, 0.05) is 5.08 Å². The molecule has 0 saturated carbocycles. The molecule has 0 spiro atoms. The number of carbonyl (C=O) groups excluding carboxylic acids is 2. The highest BCUT2D eigenvalue weighted by molar-refractivity contribution is 8.37. The summed E-state index contributed by atoms with van der Waals surface area (Å²) in [5.41, 5.74) is 0.0387. The standard InChI is InChI=1S/C10H14O4S2/c1-4-13-8(11)7(10-15-5-16-10)9(12)14-6(2)3/h6H,4-5H2,1-3H3. The summed E-state index contributed by atoms with van der Waals surface area (Å²) in [6, 6.07) is 0. The van der Waals surface area contributed by atoms with E-state index < -0.39 is 11.9 Å². The first-order chi connectivity index (χ1) is 7.56. The van der Waals surface area contributed by atoms with Crippen LogP contribution in [0.3, 0.4) is 0 Å². The maximum Gasteiger partial charge on any atom is 0.347 e. The zero-order chi connectivity index (χ0) is 12.1. The van der Waals surface area contributed by atoms with E-state index in [1.165, 1.54) is 23.5 Å². The highest BCUT2D eigenvalue weighted by Crippen LogP contribution is 2.45. The van der Waals surface area contributed by atoms with Crippen molar-refractivity contribution in [1.82, 2.24) is 0 Å². The molecular formula is C10H14O4S2. The van der Waals surface area contributed by atoms with Crippen molar-refractivity contribution in [3.8, 4) is 0 Å². The molecule has 1 saturated heterocycles. The minimum atomic E-state index is -0.595. The second kappa shape index (κ2) is 6.20.